The molecule has 3 unspecified atom stereocenters. The fourth-order valence-corrected chi connectivity index (χ4v) is 2.36. The molecule has 1 aliphatic rings. The second-order valence-corrected chi connectivity index (χ2v) is 5.28. The number of carbonyl (C=O) groups excluding carboxylic acids is 3. The molecule has 1 fully saturated rings. The smallest absolute Gasteiger partial charge is 0.249 e. The minimum Gasteiger partial charge on any atom is -0.323 e. The van der Waals surface area contributed by atoms with Gasteiger partial charge in [0.2, 0.25) is 17.7 Å². The zero-order valence-corrected chi connectivity index (χ0v) is 12.1. The van der Waals surface area contributed by atoms with Crippen LogP contribution in [0.15, 0.2) is 30.3 Å². The van der Waals surface area contributed by atoms with Gasteiger partial charge in [-0.1, -0.05) is 37.3 Å². The largest absolute Gasteiger partial charge is 0.323 e. The lowest BCUT2D eigenvalue weighted by Gasteiger charge is -2.34. The lowest BCUT2D eigenvalue weighted by atomic mass is 9.93. The van der Waals surface area contributed by atoms with Crippen molar-refractivity contribution in [3.63, 3.8) is 0 Å². The molecule has 6 heteroatoms. The van der Waals surface area contributed by atoms with E-state index in [4.69, 9.17) is 5.73 Å². The summed E-state index contributed by atoms with van der Waals surface area (Å²) in [6.07, 6.45) is 0. The fourth-order valence-electron chi connectivity index (χ4n) is 2.36. The van der Waals surface area contributed by atoms with Crippen molar-refractivity contribution in [2.45, 2.75) is 25.9 Å². The van der Waals surface area contributed by atoms with Crippen molar-refractivity contribution in [3.05, 3.63) is 35.9 Å². The first-order valence-corrected chi connectivity index (χ1v) is 6.86. The minimum atomic E-state index is -0.666. The molecule has 1 aromatic carbocycles. The molecule has 0 aliphatic carbocycles. The van der Waals surface area contributed by atoms with Gasteiger partial charge in [-0.05, 0) is 12.5 Å². The Labute approximate surface area is 123 Å². The number of imide groups is 1. The summed E-state index contributed by atoms with van der Waals surface area (Å²) in [6, 6.07) is 8.14. The highest BCUT2D eigenvalue weighted by molar-refractivity contribution is 6.04. The Morgan fingerprint density at radius 2 is 1.95 bits per heavy atom. The second-order valence-electron chi connectivity index (χ2n) is 5.28. The predicted octanol–water partition coefficient (Wildman–Crippen LogP) is 0.196. The van der Waals surface area contributed by atoms with E-state index in [0.717, 1.165) is 5.56 Å². The SMILES string of the molecule is CC(C(=O)N1CC(=O)NC(=O)C1C)C(N)c1ccccc1. The van der Waals surface area contributed by atoms with Gasteiger partial charge in [-0.2, -0.15) is 0 Å². The first-order chi connectivity index (χ1) is 9.91. The van der Waals surface area contributed by atoms with Gasteiger partial charge in [0.15, 0.2) is 0 Å². The van der Waals surface area contributed by atoms with Crippen LogP contribution in [0.1, 0.15) is 25.5 Å². The number of amides is 3. The monoisotopic (exact) mass is 289 g/mol. The summed E-state index contributed by atoms with van der Waals surface area (Å²) >= 11 is 0. The molecule has 1 aromatic rings. The fraction of sp³-hybridized carbons (Fsp3) is 0.400. The number of nitrogens with two attached hydrogens (primary N) is 1. The van der Waals surface area contributed by atoms with E-state index < -0.39 is 29.8 Å². The highest BCUT2D eigenvalue weighted by Gasteiger charge is 2.37. The maximum atomic E-state index is 12.5. The molecule has 0 radical (unpaired) electrons. The molecule has 3 atom stereocenters. The zero-order valence-electron chi connectivity index (χ0n) is 12.1. The summed E-state index contributed by atoms with van der Waals surface area (Å²) < 4.78 is 0. The van der Waals surface area contributed by atoms with Gasteiger partial charge >= 0.3 is 0 Å². The normalized spacial score (nSPS) is 21.7. The van der Waals surface area contributed by atoms with E-state index in [2.05, 4.69) is 5.32 Å². The van der Waals surface area contributed by atoms with Crippen molar-refractivity contribution in [2.75, 3.05) is 6.54 Å². The van der Waals surface area contributed by atoms with Crippen LogP contribution in [0.25, 0.3) is 0 Å². The maximum absolute atomic E-state index is 12.5. The topological polar surface area (TPSA) is 92.5 Å². The highest BCUT2D eigenvalue weighted by atomic mass is 16.2. The van der Waals surface area contributed by atoms with Crippen molar-refractivity contribution in [2.24, 2.45) is 11.7 Å². The maximum Gasteiger partial charge on any atom is 0.249 e. The van der Waals surface area contributed by atoms with Crippen LogP contribution in [0.2, 0.25) is 0 Å². The molecule has 0 saturated carbocycles. The van der Waals surface area contributed by atoms with Gasteiger partial charge in [-0.3, -0.25) is 19.7 Å². The van der Waals surface area contributed by atoms with E-state index in [1.165, 1.54) is 4.90 Å². The van der Waals surface area contributed by atoms with Crippen LogP contribution < -0.4 is 11.1 Å². The van der Waals surface area contributed by atoms with Crippen molar-refractivity contribution in [3.8, 4) is 0 Å². The van der Waals surface area contributed by atoms with E-state index in [9.17, 15) is 14.4 Å². The molecule has 0 bridgehead atoms. The van der Waals surface area contributed by atoms with Crippen LogP contribution in [-0.4, -0.2) is 35.2 Å². The standard InChI is InChI=1S/C15H19N3O3/c1-9(13(16)11-6-4-3-5-7-11)15(21)18-8-12(19)17-14(20)10(18)2/h3-7,9-10,13H,8,16H2,1-2H3,(H,17,19,20). The Morgan fingerprint density at radius 1 is 1.33 bits per heavy atom. The molecule has 1 aliphatic heterocycles. The molecule has 1 saturated heterocycles. The third kappa shape index (κ3) is 3.11. The summed E-state index contributed by atoms with van der Waals surface area (Å²) in [6.45, 7) is 3.20. The van der Waals surface area contributed by atoms with Crippen LogP contribution in [0.4, 0.5) is 0 Å². The average molecular weight is 289 g/mol. The van der Waals surface area contributed by atoms with E-state index in [-0.39, 0.29) is 12.5 Å². The first-order valence-electron chi connectivity index (χ1n) is 6.86. The molecule has 1 heterocycles. The lowest BCUT2D eigenvalue weighted by molar-refractivity contribution is -0.151. The van der Waals surface area contributed by atoms with Crippen LogP contribution in [0.3, 0.4) is 0 Å². The zero-order chi connectivity index (χ0) is 15.6. The molecule has 0 spiro atoms. The number of hydrogen-bond donors (Lipinski definition) is 2. The highest BCUT2D eigenvalue weighted by Crippen LogP contribution is 2.22. The Hall–Kier alpha value is -2.21. The quantitative estimate of drug-likeness (QED) is 0.777. The van der Waals surface area contributed by atoms with E-state index >= 15 is 0 Å². The molecule has 3 N–H and O–H groups in total. The molecular weight excluding hydrogens is 270 g/mol. The van der Waals surface area contributed by atoms with E-state index in [1.54, 1.807) is 13.8 Å². The molecular formula is C15H19N3O3. The third-order valence-corrected chi connectivity index (χ3v) is 3.82. The Kier molecular flexibility index (Phi) is 4.37. The van der Waals surface area contributed by atoms with Crippen molar-refractivity contribution in [1.82, 2.24) is 10.2 Å². The lowest BCUT2D eigenvalue weighted by Crippen LogP contribution is -2.60. The van der Waals surface area contributed by atoms with Crippen LogP contribution in [0, 0.1) is 5.92 Å². The number of nitrogens with zero attached hydrogens (tertiary/aromatic N) is 1. The average Bonchev–Trinajstić information content (AvgIpc) is 2.49. The van der Waals surface area contributed by atoms with Gasteiger partial charge in [0.25, 0.3) is 0 Å². The molecule has 2 rings (SSSR count). The molecule has 3 amide bonds. The number of rotatable bonds is 3. The molecule has 0 aromatic heterocycles. The molecule has 112 valence electrons. The molecule has 21 heavy (non-hydrogen) atoms. The van der Waals surface area contributed by atoms with Gasteiger partial charge in [0, 0.05) is 6.04 Å². The summed E-state index contributed by atoms with van der Waals surface area (Å²) in [5, 5.41) is 2.21. The summed E-state index contributed by atoms with van der Waals surface area (Å²) in [7, 11) is 0. The van der Waals surface area contributed by atoms with E-state index in [1.807, 2.05) is 30.3 Å². The first kappa shape index (κ1) is 15.2. The number of hydrogen-bond acceptors (Lipinski definition) is 4. The van der Waals surface area contributed by atoms with Gasteiger partial charge in [-0.25, -0.2) is 0 Å². The number of piperazine rings is 1. The third-order valence-electron chi connectivity index (χ3n) is 3.82. The van der Waals surface area contributed by atoms with Gasteiger partial charge in [-0.15, -0.1) is 0 Å². The Balaban J connectivity index is 2.15. The minimum absolute atomic E-state index is 0.114. The number of benzene rings is 1. The number of nitrogens with one attached hydrogen (secondary N) is 1. The number of carbonyl (C=O) groups is 3. The summed E-state index contributed by atoms with van der Waals surface area (Å²) in [5.41, 5.74) is 6.97. The summed E-state index contributed by atoms with van der Waals surface area (Å²) in [4.78, 5) is 36.9. The van der Waals surface area contributed by atoms with E-state index in [0.29, 0.717) is 0 Å². The van der Waals surface area contributed by atoms with Crippen molar-refractivity contribution in [1.29, 1.82) is 0 Å². The van der Waals surface area contributed by atoms with Gasteiger partial charge < -0.3 is 10.6 Å². The summed E-state index contributed by atoms with van der Waals surface area (Å²) in [5.74, 6) is -1.73. The van der Waals surface area contributed by atoms with Crippen LogP contribution >= 0.6 is 0 Å². The van der Waals surface area contributed by atoms with Crippen LogP contribution in [0.5, 0.6) is 0 Å². The van der Waals surface area contributed by atoms with Gasteiger partial charge in [0.05, 0.1) is 5.92 Å². The van der Waals surface area contributed by atoms with Crippen LogP contribution in [-0.2, 0) is 14.4 Å². The predicted molar refractivity (Wildman–Crippen MR) is 76.9 cm³/mol. The van der Waals surface area contributed by atoms with Crippen molar-refractivity contribution < 1.29 is 14.4 Å². The second kappa shape index (κ2) is 6.05. The van der Waals surface area contributed by atoms with Crippen molar-refractivity contribution >= 4 is 17.7 Å². The molecule has 6 nitrogen and oxygen atoms in total. The Morgan fingerprint density at radius 3 is 2.57 bits per heavy atom. The Bertz CT molecular complexity index is 559. The van der Waals surface area contributed by atoms with Gasteiger partial charge in [0.1, 0.15) is 12.6 Å².